The van der Waals surface area contributed by atoms with Crippen LogP contribution in [0, 0.1) is 0 Å². The summed E-state index contributed by atoms with van der Waals surface area (Å²) in [5, 5.41) is 0.427. The molecule has 0 atom stereocenters. The summed E-state index contributed by atoms with van der Waals surface area (Å²) >= 11 is 6.05. The Morgan fingerprint density at radius 2 is 1.80 bits per heavy atom. The molecule has 0 saturated heterocycles. The summed E-state index contributed by atoms with van der Waals surface area (Å²) in [5.74, 6) is 1.15. The molecule has 0 aliphatic carbocycles. The van der Waals surface area contributed by atoms with Gasteiger partial charge in [0.25, 0.3) is 0 Å². The van der Waals surface area contributed by atoms with E-state index in [9.17, 15) is 4.79 Å². The first-order valence-electron chi connectivity index (χ1n) is 7.91. The number of ether oxygens (including phenoxy) is 2. The minimum absolute atomic E-state index is 0.203. The van der Waals surface area contributed by atoms with Gasteiger partial charge in [-0.25, -0.2) is 0 Å². The topological polar surface area (TPSA) is 47.9 Å². The van der Waals surface area contributed by atoms with Gasteiger partial charge in [0.2, 0.25) is 5.78 Å². The van der Waals surface area contributed by atoms with Crippen LogP contribution in [-0.4, -0.2) is 31.8 Å². The average molecular weight is 360 g/mol. The first-order valence-corrected chi connectivity index (χ1v) is 8.29. The Morgan fingerprint density at radius 3 is 2.44 bits per heavy atom. The van der Waals surface area contributed by atoms with Crippen molar-refractivity contribution >= 4 is 23.6 Å². The number of benzene rings is 2. The molecule has 0 N–H and O–H groups in total. The maximum absolute atomic E-state index is 12.3. The van der Waals surface area contributed by atoms with E-state index in [1.54, 1.807) is 38.5 Å². The summed E-state index contributed by atoms with van der Waals surface area (Å²) in [6.07, 6.45) is 2.00. The highest BCUT2D eigenvalue weighted by molar-refractivity contribution is 6.42. The van der Waals surface area contributed by atoms with E-state index in [0.29, 0.717) is 28.5 Å². The van der Waals surface area contributed by atoms with Crippen molar-refractivity contribution < 1.29 is 14.3 Å². The minimum atomic E-state index is -0.448. The van der Waals surface area contributed by atoms with Crippen LogP contribution in [0.15, 0.2) is 47.5 Å². The zero-order valence-electron chi connectivity index (χ0n) is 14.9. The summed E-state index contributed by atoms with van der Waals surface area (Å²) in [7, 11) is 3.21. The molecule has 0 radical (unpaired) electrons. The molecule has 2 rings (SSSR count). The summed E-state index contributed by atoms with van der Waals surface area (Å²) in [6.45, 7) is 3.94. The molecule has 0 amide bonds. The molecule has 0 bridgehead atoms. The van der Waals surface area contributed by atoms with Crippen molar-refractivity contribution in [1.29, 1.82) is 0 Å². The van der Waals surface area contributed by atoms with Gasteiger partial charge in [-0.2, -0.15) is 0 Å². The van der Waals surface area contributed by atoms with Crippen LogP contribution in [0.25, 0.3) is 0 Å². The van der Waals surface area contributed by atoms with E-state index in [-0.39, 0.29) is 5.78 Å². The highest BCUT2D eigenvalue weighted by Gasteiger charge is 2.18. The molecule has 5 heteroatoms. The Hall–Kier alpha value is -2.33. The molecule has 0 aromatic heterocycles. The van der Waals surface area contributed by atoms with Crippen molar-refractivity contribution in [1.82, 2.24) is 0 Å². The number of aliphatic imine (C=N–C) groups is 1. The number of carbonyl (C=O) groups is 1. The third kappa shape index (κ3) is 5.07. The predicted molar refractivity (Wildman–Crippen MR) is 102 cm³/mol. The first-order chi connectivity index (χ1) is 11.9. The monoisotopic (exact) mass is 359 g/mol. The van der Waals surface area contributed by atoms with Gasteiger partial charge < -0.3 is 9.47 Å². The van der Waals surface area contributed by atoms with Gasteiger partial charge in [0.05, 0.1) is 31.0 Å². The number of methoxy groups -OCH3 is 2. The number of Topliss-reactive ketones (excluding diaryl/α,β-unsaturated/α-hetero) is 1. The number of ketones is 1. The SMILES string of the molecule is COc1ccc(CC(C)(C)/N=C/C(=O)c2ccccc2Cl)cc1OC. The van der Waals surface area contributed by atoms with Gasteiger partial charge in [-0.15, -0.1) is 0 Å². The number of halogens is 1. The van der Waals surface area contributed by atoms with E-state index in [0.717, 1.165) is 5.56 Å². The van der Waals surface area contributed by atoms with Crippen LogP contribution in [-0.2, 0) is 6.42 Å². The van der Waals surface area contributed by atoms with Gasteiger partial charge in [-0.3, -0.25) is 9.79 Å². The third-order valence-electron chi connectivity index (χ3n) is 3.76. The van der Waals surface area contributed by atoms with Crippen molar-refractivity contribution in [3.8, 4) is 11.5 Å². The lowest BCUT2D eigenvalue weighted by Crippen LogP contribution is -2.21. The van der Waals surface area contributed by atoms with Crippen LogP contribution in [0.3, 0.4) is 0 Å². The van der Waals surface area contributed by atoms with Crippen LogP contribution < -0.4 is 9.47 Å². The molecule has 2 aromatic rings. The molecular formula is C20H22ClNO3. The highest BCUT2D eigenvalue weighted by Crippen LogP contribution is 2.29. The first kappa shape index (κ1) is 19.0. The van der Waals surface area contributed by atoms with Crippen molar-refractivity contribution in [2.75, 3.05) is 14.2 Å². The molecule has 0 unspecified atom stereocenters. The molecule has 0 fully saturated rings. The third-order valence-corrected chi connectivity index (χ3v) is 4.08. The Balaban J connectivity index is 2.14. The molecule has 25 heavy (non-hydrogen) atoms. The lowest BCUT2D eigenvalue weighted by molar-refractivity contribution is 0.107. The van der Waals surface area contributed by atoms with Gasteiger partial charge in [0, 0.05) is 5.56 Å². The fourth-order valence-electron chi connectivity index (χ4n) is 2.50. The molecule has 132 valence electrons. The number of rotatable bonds is 7. The van der Waals surface area contributed by atoms with Crippen LogP contribution in [0.4, 0.5) is 0 Å². The predicted octanol–water partition coefficient (Wildman–Crippen LogP) is 4.63. The molecular weight excluding hydrogens is 338 g/mol. The van der Waals surface area contributed by atoms with E-state index in [1.165, 1.54) is 6.21 Å². The fourth-order valence-corrected chi connectivity index (χ4v) is 2.73. The van der Waals surface area contributed by atoms with Gasteiger partial charge in [0.1, 0.15) is 0 Å². The molecule has 0 spiro atoms. The van der Waals surface area contributed by atoms with Crippen molar-refractivity contribution in [2.24, 2.45) is 4.99 Å². The molecule has 0 heterocycles. The Bertz CT molecular complexity index is 784. The van der Waals surface area contributed by atoms with E-state index < -0.39 is 5.54 Å². The van der Waals surface area contributed by atoms with Gasteiger partial charge in [0.15, 0.2) is 11.5 Å². The van der Waals surface area contributed by atoms with Crippen molar-refractivity contribution in [2.45, 2.75) is 25.8 Å². The summed E-state index contributed by atoms with van der Waals surface area (Å²) in [5.41, 5.74) is 1.05. The maximum Gasteiger partial charge on any atom is 0.205 e. The normalized spacial score (nSPS) is 11.6. The zero-order chi connectivity index (χ0) is 18.4. The smallest absolute Gasteiger partial charge is 0.205 e. The zero-order valence-corrected chi connectivity index (χ0v) is 15.6. The van der Waals surface area contributed by atoms with E-state index in [4.69, 9.17) is 21.1 Å². The second kappa shape index (κ2) is 8.17. The summed E-state index contributed by atoms with van der Waals surface area (Å²) in [4.78, 5) is 16.7. The Labute approximate surface area is 153 Å². The molecule has 0 aliphatic rings. The van der Waals surface area contributed by atoms with E-state index in [1.807, 2.05) is 32.0 Å². The van der Waals surface area contributed by atoms with Crippen LogP contribution >= 0.6 is 11.6 Å². The lowest BCUT2D eigenvalue weighted by Gasteiger charge is -2.20. The van der Waals surface area contributed by atoms with Gasteiger partial charge in [-0.1, -0.05) is 29.8 Å². The van der Waals surface area contributed by atoms with Crippen molar-refractivity contribution in [3.63, 3.8) is 0 Å². The maximum atomic E-state index is 12.3. The molecule has 4 nitrogen and oxygen atoms in total. The second-order valence-electron chi connectivity index (χ2n) is 6.28. The molecule has 0 aliphatic heterocycles. The van der Waals surface area contributed by atoms with Gasteiger partial charge >= 0.3 is 0 Å². The summed E-state index contributed by atoms with van der Waals surface area (Å²) in [6, 6.07) is 12.7. The van der Waals surface area contributed by atoms with Gasteiger partial charge in [-0.05, 0) is 50.1 Å². The van der Waals surface area contributed by atoms with Crippen LogP contribution in [0.2, 0.25) is 5.02 Å². The quantitative estimate of drug-likeness (QED) is 0.534. The standard InChI is InChI=1S/C20H22ClNO3/c1-20(2,12-14-9-10-18(24-3)19(11-14)25-4)22-13-17(23)15-7-5-6-8-16(15)21/h5-11,13H,12H2,1-4H3/b22-13+. The number of nitrogens with zero attached hydrogens (tertiary/aromatic N) is 1. The second-order valence-corrected chi connectivity index (χ2v) is 6.69. The van der Waals surface area contributed by atoms with Crippen LogP contribution in [0.1, 0.15) is 29.8 Å². The summed E-state index contributed by atoms with van der Waals surface area (Å²) < 4.78 is 10.6. The number of hydrogen-bond donors (Lipinski definition) is 0. The largest absolute Gasteiger partial charge is 0.493 e. The fraction of sp³-hybridized carbons (Fsp3) is 0.300. The van der Waals surface area contributed by atoms with E-state index in [2.05, 4.69) is 4.99 Å². The van der Waals surface area contributed by atoms with Crippen molar-refractivity contribution in [3.05, 3.63) is 58.6 Å². The number of carbonyl (C=O) groups excluding carboxylic acids is 1. The van der Waals surface area contributed by atoms with E-state index >= 15 is 0 Å². The minimum Gasteiger partial charge on any atom is -0.493 e. The average Bonchev–Trinajstić information content (AvgIpc) is 2.59. The molecule has 0 saturated carbocycles. The Kier molecular flexibility index (Phi) is 6.21. The van der Waals surface area contributed by atoms with Crippen LogP contribution in [0.5, 0.6) is 11.5 Å². The Morgan fingerprint density at radius 1 is 1.12 bits per heavy atom. The molecule has 2 aromatic carbocycles. The number of hydrogen-bond acceptors (Lipinski definition) is 4. The lowest BCUT2D eigenvalue weighted by atomic mass is 9.95. The highest BCUT2D eigenvalue weighted by atomic mass is 35.5.